The van der Waals surface area contributed by atoms with E-state index in [-0.39, 0.29) is 5.56 Å². The van der Waals surface area contributed by atoms with Gasteiger partial charge in [0.1, 0.15) is 16.9 Å². The first-order valence-corrected chi connectivity index (χ1v) is 8.56. The van der Waals surface area contributed by atoms with Gasteiger partial charge in [0, 0.05) is 5.02 Å². The highest BCUT2D eigenvalue weighted by molar-refractivity contribution is 6.31. The number of nitrogens with zero attached hydrogens (tertiary/aromatic N) is 1. The number of halogens is 1. The van der Waals surface area contributed by atoms with Gasteiger partial charge in [-0.15, -0.1) is 0 Å². The monoisotopic (exact) mass is 364 g/mol. The highest BCUT2D eigenvalue weighted by atomic mass is 35.5. The molecule has 0 spiro atoms. The maximum Gasteiger partial charge on any atom is 0.342 e. The molecule has 1 amide bonds. The second-order valence-corrected chi connectivity index (χ2v) is 6.57. The van der Waals surface area contributed by atoms with E-state index in [4.69, 9.17) is 21.1 Å². The molecule has 25 heavy (non-hydrogen) atoms. The van der Waals surface area contributed by atoms with Gasteiger partial charge in [0.15, 0.2) is 6.10 Å². The smallest absolute Gasteiger partial charge is 0.342 e. The van der Waals surface area contributed by atoms with E-state index in [2.05, 4.69) is 11.4 Å². The van der Waals surface area contributed by atoms with Gasteiger partial charge < -0.3 is 14.8 Å². The van der Waals surface area contributed by atoms with Gasteiger partial charge in [0.25, 0.3) is 5.91 Å². The normalized spacial score (nSPS) is 17.0. The fourth-order valence-corrected chi connectivity index (χ4v) is 3.05. The molecule has 0 aliphatic heterocycles. The van der Waals surface area contributed by atoms with Gasteiger partial charge >= 0.3 is 5.97 Å². The van der Waals surface area contributed by atoms with Gasteiger partial charge in [-0.1, -0.05) is 30.9 Å². The second-order valence-electron chi connectivity index (χ2n) is 6.14. The minimum atomic E-state index is -1.04. The SMILES string of the molecule is COc1ccc(Cl)cc1C(=O)O[C@H](C)C(=O)NC1(C#N)CCCCC1. The van der Waals surface area contributed by atoms with Gasteiger partial charge in [-0.25, -0.2) is 4.79 Å². The Kier molecular flexibility index (Phi) is 6.27. The minimum Gasteiger partial charge on any atom is -0.496 e. The molecule has 1 aliphatic carbocycles. The lowest BCUT2D eigenvalue weighted by atomic mass is 9.83. The molecule has 0 heterocycles. The van der Waals surface area contributed by atoms with E-state index < -0.39 is 23.5 Å². The van der Waals surface area contributed by atoms with E-state index in [1.807, 2.05) is 0 Å². The Morgan fingerprint density at radius 1 is 1.32 bits per heavy atom. The summed E-state index contributed by atoms with van der Waals surface area (Å²) >= 11 is 5.90. The molecule has 0 unspecified atom stereocenters. The molecule has 1 fully saturated rings. The van der Waals surface area contributed by atoms with Crippen molar-refractivity contribution in [2.75, 3.05) is 7.11 Å². The summed E-state index contributed by atoms with van der Waals surface area (Å²) in [5, 5.41) is 12.5. The predicted molar refractivity (Wildman–Crippen MR) is 92.5 cm³/mol. The summed E-state index contributed by atoms with van der Waals surface area (Å²) in [6.45, 7) is 1.47. The predicted octanol–water partition coefficient (Wildman–Crippen LogP) is 3.24. The Bertz CT molecular complexity index is 693. The summed E-state index contributed by atoms with van der Waals surface area (Å²) in [5.74, 6) is -0.891. The Balaban J connectivity index is 2.04. The summed E-state index contributed by atoms with van der Waals surface area (Å²) in [4.78, 5) is 24.7. The lowest BCUT2D eigenvalue weighted by Gasteiger charge is -2.32. The van der Waals surface area contributed by atoms with E-state index in [0.29, 0.717) is 23.6 Å². The van der Waals surface area contributed by atoms with Crippen LogP contribution in [0.15, 0.2) is 18.2 Å². The van der Waals surface area contributed by atoms with E-state index in [1.54, 1.807) is 12.1 Å². The van der Waals surface area contributed by atoms with Crippen molar-refractivity contribution < 1.29 is 19.1 Å². The molecule has 7 heteroatoms. The molecule has 1 aromatic rings. The van der Waals surface area contributed by atoms with Gasteiger partial charge in [0.2, 0.25) is 0 Å². The number of esters is 1. The van der Waals surface area contributed by atoms with E-state index in [0.717, 1.165) is 19.3 Å². The Labute approximate surface area is 152 Å². The third kappa shape index (κ3) is 4.64. The number of methoxy groups -OCH3 is 1. The molecule has 0 aromatic heterocycles. The van der Waals surface area contributed by atoms with E-state index in [9.17, 15) is 14.9 Å². The maximum absolute atomic E-state index is 12.4. The topological polar surface area (TPSA) is 88.4 Å². The lowest BCUT2D eigenvalue weighted by Crippen LogP contribution is -2.52. The molecule has 2 rings (SSSR count). The van der Waals surface area contributed by atoms with Crippen LogP contribution >= 0.6 is 11.6 Å². The minimum absolute atomic E-state index is 0.141. The molecular weight excluding hydrogens is 344 g/mol. The molecule has 1 N–H and O–H groups in total. The van der Waals surface area contributed by atoms with Crippen LogP contribution in [0, 0.1) is 11.3 Å². The first-order chi connectivity index (χ1) is 11.9. The maximum atomic E-state index is 12.4. The van der Waals surface area contributed by atoms with Crippen molar-refractivity contribution in [3.05, 3.63) is 28.8 Å². The van der Waals surface area contributed by atoms with E-state index >= 15 is 0 Å². The fraction of sp³-hybridized carbons (Fsp3) is 0.500. The van der Waals surface area contributed by atoms with Gasteiger partial charge in [-0.2, -0.15) is 5.26 Å². The molecule has 0 saturated heterocycles. The van der Waals surface area contributed by atoms with Gasteiger partial charge in [-0.3, -0.25) is 4.79 Å². The van der Waals surface area contributed by atoms with Crippen LogP contribution in [-0.2, 0) is 9.53 Å². The number of nitriles is 1. The van der Waals surface area contributed by atoms with Crippen LogP contribution in [-0.4, -0.2) is 30.6 Å². The zero-order valence-electron chi connectivity index (χ0n) is 14.3. The molecule has 1 atom stereocenters. The first kappa shape index (κ1) is 19.1. The molecule has 134 valence electrons. The van der Waals surface area contributed by atoms with Crippen LogP contribution in [0.5, 0.6) is 5.75 Å². The number of ether oxygens (including phenoxy) is 2. The zero-order chi connectivity index (χ0) is 18.4. The summed E-state index contributed by atoms with van der Waals surface area (Å²) in [7, 11) is 1.43. The first-order valence-electron chi connectivity index (χ1n) is 8.18. The number of rotatable bonds is 5. The Hall–Kier alpha value is -2.26. The second kappa shape index (κ2) is 8.21. The number of amides is 1. The molecule has 0 bridgehead atoms. The molecule has 0 radical (unpaired) electrons. The highest BCUT2D eigenvalue weighted by Crippen LogP contribution is 2.28. The summed E-state index contributed by atoms with van der Waals surface area (Å²) < 4.78 is 10.3. The number of carbonyl (C=O) groups excluding carboxylic acids is 2. The molecule has 6 nitrogen and oxygen atoms in total. The quantitative estimate of drug-likeness (QED) is 0.810. The molecule has 1 aromatic carbocycles. The van der Waals surface area contributed by atoms with Crippen molar-refractivity contribution in [1.29, 1.82) is 5.26 Å². The number of nitrogens with one attached hydrogen (secondary N) is 1. The largest absolute Gasteiger partial charge is 0.496 e. The van der Waals surface area contributed by atoms with Crippen LogP contribution in [0.3, 0.4) is 0 Å². The van der Waals surface area contributed by atoms with Crippen LogP contribution in [0.2, 0.25) is 5.02 Å². The Morgan fingerprint density at radius 2 is 2.00 bits per heavy atom. The highest BCUT2D eigenvalue weighted by Gasteiger charge is 2.35. The third-order valence-corrected chi connectivity index (χ3v) is 4.55. The lowest BCUT2D eigenvalue weighted by molar-refractivity contribution is -0.130. The summed E-state index contributed by atoms with van der Waals surface area (Å²) in [6, 6.07) is 6.77. The average Bonchev–Trinajstić information content (AvgIpc) is 2.62. The number of carbonyl (C=O) groups is 2. The fourth-order valence-electron chi connectivity index (χ4n) is 2.87. The zero-order valence-corrected chi connectivity index (χ0v) is 15.1. The van der Waals surface area contributed by atoms with Crippen molar-refractivity contribution >= 4 is 23.5 Å². The van der Waals surface area contributed by atoms with Gasteiger partial charge in [0.05, 0.1) is 13.2 Å². The van der Waals surface area contributed by atoms with Crippen molar-refractivity contribution in [2.24, 2.45) is 0 Å². The van der Waals surface area contributed by atoms with Crippen LogP contribution in [0.4, 0.5) is 0 Å². The molecule has 1 saturated carbocycles. The standard InChI is InChI=1S/C18H21ClN2O4/c1-12(16(22)21-18(11-20)8-4-3-5-9-18)25-17(23)14-10-13(19)6-7-15(14)24-2/h6-7,10,12H,3-5,8-9H2,1-2H3,(H,21,22)/t12-/m1/s1. The van der Waals surface area contributed by atoms with Gasteiger partial charge in [-0.05, 0) is 38.0 Å². The Morgan fingerprint density at radius 3 is 2.60 bits per heavy atom. The van der Waals surface area contributed by atoms with Crippen LogP contribution in [0.1, 0.15) is 49.4 Å². The number of hydrogen-bond donors (Lipinski definition) is 1. The summed E-state index contributed by atoms with van der Waals surface area (Å²) in [5.41, 5.74) is -0.730. The van der Waals surface area contributed by atoms with Crippen molar-refractivity contribution in [2.45, 2.75) is 50.7 Å². The van der Waals surface area contributed by atoms with E-state index in [1.165, 1.54) is 20.1 Å². The van der Waals surface area contributed by atoms with Crippen molar-refractivity contribution in [3.63, 3.8) is 0 Å². The van der Waals surface area contributed by atoms with Crippen LogP contribution < -0.4 is 10.1 Å². The summed E-state index contributed by atoms with van der Waals surface area (Å²) in [6.07, 6.45) is 3.01. The van der Waals surface area contributed by atoms with Crippen molar-refractivity contribution in [1.82, 2.24) is 5.32 Å². The third-order valence-electron chi connectivity index (χ3n) is 4.32. The number of hydrogen-bond acceptors (Lipinski definition) is 5. The molecular formula is C18H21ClN2O4. The number of benzene rings is 1. The molecule has 1 aliphatic rings. The average molecular weight is 365 g/mol. The van der Waals surface area contributed by atoms with Crippen molar-refractivity contribution in [3.8, 4) is 11.8 Å². The van der Waals surface area contributed by atoms with Crippen LogP contribution in [0.25, 0.3) is 0 Å².